The monoisotopic (exact) mass is 551 g/mol. The molecule has 3 aromatic heterocycles. The zero-order chi connectivity index (χ0) is 28.7. The first-order valence-electron chi connectivity index (χ1n) is 12.6. The smallest absolute Gasteiger partial charge is 0.268 e. The second kappa shape index (κ2) is 10.2. The highest BCUT2D eigenvalue weighted by atomic mass is 19.1. The third-order valence-corrected chi connectivity index (χ3v) is 6.81. The molecule has 0 radical (unpaired) electrons. The summed E-state index contributed by atoms with van der Waals surface area (Å²) in [5, 5.41) is 10.3. The molecule has 0 atom stereocenters. The Morgan fingerprint density at radius 3 is 2.51 bits per heavy atom. The molecule has 3 aromatic carbocycles. The first-order valence-corrected chi connectivity index (χ1v) is 12.6. The van der Waals surface area contributed by atoms with Crippen LogP contribution in [0.2, 0.25) is 0 Å². The lowest BCUT2D eigenvalue weighted by molar-refractivity contribution is 0.102. The second-order valence-corrected chi connectivity index (χ2v) is 9.53. The number of fused-ring (bicyclic) bond motifs is 1. The number of anilines is 1. The summed E-state index contributed by atoms with van der Waals surface area (Å²) in [4.78, 5) is 26.2. The van der Waals surface area contributed by atoms with Gasteiger partial charge in [-0.05, 0) is 73.7 Å². The van der Waals surface area contributed by atoms with Crippen LogP contribution in [0, 0.1) is 18.6 Å². The Balaban J connectivity index is 1.27. The van der Waals surface area contributed by atoms with Crippen molar-refractivity contribution in [3.05, 3.63) is 125 Å². The number of nitrogens with zero attached hydrogens (tertiary/aromatic N) is 3. The highest BCUT2D eigenvalue weighted by Gasteiger charge is 2.18. The minimum absolute atomic E-state index is 0.0444. The second-order valence-electron chi connectivity index (χ2n) is 9.53. The Bertz CT molecular complexity index is 1980. The Morgan fingerprint density at radius 1 is 0.976 bits per heavy atom. The zero-order valence-corrected chi connectivity index (χ0v) is 22.0. The van der Waals surface area contributed by atoms with E-state index >= 15 is 4.39 Å². The van der Waals surface area contributed by atoms with Gasteiger partial charge in [0.1, 0.15) is 17.1 Å². The molecule has 0 saturated heterocycles. The van der Waals surface area contributed by atoms with Gasteiger partial charge in [0.25, 0.3) is 11.5 Å². The first-order chi connectivity index (χ1) is 19.8. The summed E-state index contributed by atoms with van der Waals surface area (Å²) in [5.41, 5.74) is 2.86. The number of pyridine rings is 1. The normalized spacial score (nSPS) is 11.1. The zero-order valence-electron chi connectivity index (χ0n) is 22.0. The summed E-state index contributed by atoms with van der Waals surface area (Å²) in [6, 6.07) is 18.1. The molecule has 0 aliphatic carbocycles. The molecule has 1 amide bonds. The third-order valence-electron chi connectivity index (χ3n) is 6.81. The van der Waals surface area contributed by atoms with Crippen LogP contribution in [0.3, 0.4) is 0 Å². The van der Waals surface area contributed by atoms with E-state index < -0.39 is 23.1 Å². The van der Waals surface area contributed by atoms with Crippen LogP contribution in [0.4, 0.5) is 14.5 Å². The quantitative estimate of drug-likeness (QED) is 0.252. The van der Waals surface area contributed by atoms with Crippen LogP contribution in [0.1, 0.15) is 16.1 Å². The molecule has 0 saturated carbocycles. The van der Waals surface area contributed by atoms with Crippen molar-refractivity contribution < 1.29 is 18.3 Å². The number of nitrogens with one attached hydrogen (secondary N) is 2. The largest absolute Gasteiger partial charge is 0.454 e. The molecule has 10 heteroatoms. The SMILES string of the molecule is Cc1ccc(C(=O)Nc2ccc(Oc3cc4ccn(C)c4cc3-c3cn[nH]c3)c(F)c2)c(=O)n1-c1ccc(F)cc1. The van der Waals surface area contributed by atoms with Gasteiger partial charge in [0, 0.05) is 64.6 Å². The molecule has 8 nitrogen and oxygen atoms in total. The van der Waals surface area contributed by atoms with Crippen molar-refractivity contribution in [3.8, 4) is 28.3 Å². The van der Waals surface area contributed by atoms with E-state index in [0.29, 0.717) is 17.1 Å². The van der Waals surface area contributed by atoms with Crippen LogP contribution in [-0.2, 0) is 7.05 Å². The number of benzene rings is 3. The predicted octanol–water partition coefficient (Wildman–Crippen LogP) is 6.35. The van der Waals surface area contributed by atoms with Crippen molar-refractivity contribution in [2.24, 2.45) is 7.05 Å². The van der Waals surface area contributed by atoms with Gasteiger partial charge in [0.2, 0.25) is 0 Å². The van der Waals surface area contributed by atoms with E-state index in [1.54, 1.807) is 25.4 Å². The topological polar surface area (TPSA) is 93.9 Å². The standard InChI is InChI=1S/C31H23F2N5O3/c1-18-3-9-24(31(40)38(18)23-7-4-21(32)5-8-23)30(39)36-22-6-10-28(26(33)14-22)41-29-13-19-11-12-37(2)27(19)15-25(29)20-16-34-35-17-20/h3-17H,1-2H3,(H,34,35)(H,36,39). The van der Waals surface area contributed by atoms with E-state index in [1.807, 2.05) is 36.0 Å². The molecular weight excluding hydrogens is 528 g/mol. The number of ether oxygens (including phenoxy) is 1. The summed E-state index contributed by atoms with van der Waals surface area (Å²) in [5.74, 6) is -1.47. The highest BCUT2D eigenvalue weighted by molar-refractivity contribution is 6.04. The number of amides is 1. The summed E-state index contributed by atoms with van der Waals surface area (Å²) in [7, 11) is 1.93. The number of hydrogen-bond donors (Lipinski definition) is 2. The molecule has 2 N–H and O–H groups in total. The van der Waals surface area contributed by atoms with Crippen molar-refractivity contribution in [3.63, 3.8) is 0 Å². The van der Waals surface area contributed by atoms with Crippen molar-refractivity contribution in [2.75, 3.05) is 5.32 Å². The summed E-state index contributed by atoms with van der Waals surface area (Å²) < 4.78 is 37.9. The maximum absolute atomic E-state index is 15.2. The van der Waals surface area contributed by atoms with Crippen LogP contribution in [0.25, 0.3) is 27.7 Å². The Hall–Kier alpha value is -5.51. The third kappa shape index (κ3) is 4.87. The van der Waals surface area contributed by atoms with E-state index in [4.69, 9.17) is 4.74 Å². The highest BCUT2D eigenvalue weighted by Crippen LogP contribution is 2.38. The Kier molecular flexibility index (Phi) is 6.43. The van der Waals surface area contributed by atoms with Gasteiger partial charge in [-0.15, -0.1) is 0 Å². The van der Waals surface area contributed by atoms with Gasteiger partial charge in [-0.2, -0.15) is 5.10 Å². The molecule has 6 aromatic rings. The number of halogens is 2. The van der Waals surface area contributed by atoms with Crippen molar-refractivity contribution in [1.82, 2.24) is 19.3 Å². The van der Waals surface area contributed by atoms with Gasteiger partial charge < -0.3 is 14.6 Å². The van der Waals surface area contributed by atoms with E-state index in [0.717, 1.165) is 28.1 Å². The molecule has 6 rings (SSSR count). The van der Waals surface area contributed by atoms with Gasteiger partial charge in [-0.1, -0.05) is 0 Å². The summed E-state index contributed by atoms with van der Waals surface area (Å²) >= 11 is 0. The number of carbonyl (C=O) groups excluding carboxylic acids is 1. The minimum Gasteiger partial charge on any atom is -0.454 e. The van der Waals surface area contributed by atoms with Crippen LogP contribution < -0.4 is 15.6 Å². The average Bonchev–Trinajstić information content (AvgIpc) is 3.61. The molecule has 0 bridgehead atoms. The van der Waals surface area contributed by atoms with Crippen molar-refractivity contribution in [1.29, 1.82) is 0 Å². The molecule has 3 heterocycles. The van der Waals surface area contributed by atoms with Gasteiger partial charge in [-0.25, -0.2) is 8.78 Å². The molecule has 0 spiro atoms. The maximum Gasteiger partial charge on any atom is 0.268 e. The number of carbonyl (C=O) groups is 1. The average molecular weight is 552 g/mol. The van der Waals surface area contributed by atoms with Gasteiger partial charge >= 0.3 is 0 Å². The molecule has 0 unspecified atom stereocenters. The van der Waals surface area contributed by atoms with Crippen molar-refractivity contribution >= 4 is 22.5 Å². The molecule has 41 heavy (non-hydrogen) atoms. The van der Waals surface area contributed by atoms with Crippen LogP contribution in [0.5, 0.6) is 11.5 Å². The Labute approximate surface area is 232 Å². The lowest BCUT2D eigenvalue weighted by Gasteiger charge is -2.14. The molecule has 0 aliphatic heterocycles. The molecule has 0 fully saturated rings. The van der Waals surface area contributed by atoms with Crippen LogP contribution in [0.15, 0.2) is 96.2 Å². The fourth-order valence-electron chi connectivity index (χ4n) is 4.70. The number of aromatic amines is 1. The minimum atomic E-state index is -0.712. The molecular formula is C31H23F2N5O3. The van der Waals surface area contributed by atoms with Crippen LogP contribution >= 0.6 is 0 Å². The number of hydrogen-bond acceptors (Lipinski definition) is 4. The van der Waals surface area contributed by atoms with Crippen LogP contribution in [-0.4, -0.2) is 25.2 Å². The number of H-pyrrole nitrogens is 1. The summed E-state index contributed by atoms with van der Waals surface area (Å²) in [6.45, 7) is 1.70. The summed E-state index contributed by atoms with van der Waals surface area (Å²) in [6.07, 6.45) is 5.30. The van der Waals surface area contributed by atoms with Gasteiger partial charge in [0.05, 0.1) is 6.20 Å². The van der Waals surface area contributed by atoms with Gasteiger partial charge in [-0.3, -0.25) is 19.3 Å². The fraction of sp³-hybridized carbons (Fsp3) is 0.0645. The van der Waals surface area contributed by atoms with E-state index in [-0.39, 0.29) is 17.0 Å². The molecule has 204 valence electrons. The lowest BCUT2D eigenvalue weighted by atomic mass is 10.1. The van der Waals surface area contributed by atoms with Crippen molar-refractivity contribution in [2.45, 2.75) is 6.92 Å². The predicted molar refractivity (Wildman–Crippen MR) is 152 cm³/mol. The fourth-order valence-corrected chi connectivity index (χ4v) is 4.70. The lowest BCUT2D eigenvalue weighted by Crippen LogP contribution is -2.29. The molecule has 0 aliphatic rings. The van der Waals surface area contributed by atoms with E-state index in [1.165, 1.54) is 47.0 Å². The Morgan fingerprint density at radius 2 is 1.78 bits per heavy atom. The number of aryl methyl sites for hydroxylation is 2. The first kappa shape index (κ1) is 25.8. The number of rotatable bonds is 6. The maximum atomic E-state index is 15.2. The van der Waals surface area contributed by atoms with E-state index in [9.17, 15) is 14.0 Å². The van der Waals surface area contributed by atoms with Gasteiger partial charge in [0.15, 0.2) is 11.6 Å². The number of aromatic nitrogens is 4. The van der Waals surface area contributed by atoms with E-state index in [2.05, 4.69) is 15.5 Å².